The van der Waals surface area contributed by atoms with Gasteiger partial charge in [-0.15, -0.1) is 0 Å². The van der Waals surface area contributed by atoms with Gasteiger partial charge in [0.15, 0.2) is 6.67 Å². The maximum Gasteiger partial charge on any atom is 0.329 e. The normalized spacial score (nSPS) is 27.5. The largest absolute Gasteiger partial charge is 0.329 e. The van der Waals surface area contributed by atoms with E-state index in [1.807, 2.05) is 6.07 Å². The lowest BCUT2D eigenvalue weighted by molar-refractivity contribution is -1.01. The van der Waals surface area contributed by atoms with Gasteiger partial charge in [0.1, 0.15) is 31.7 Å². The van der Waals surface area contributed by atoms with Gasteiger partial charge in [-0.05, 0) is 24.5 Å². The summed E-state index contributed by atoms with van der Waals surface area (Å²) in [5.74, 6) is 0.0188. The van der Waals surface area contributed by atoms with Crippen molar-refractivity contribution in [3.8, 4) is 0 Å². The summed E-state index contributed by atoms with van der Waals surface area (Å²) in [6, 6.07) is 10.2. The van der Waals surface area contributed by atoms with Crippen LogP contribution >= 0.6 is 0 Å². The molecular weight excluding hydrogens is 352 g/mol. The number of rotatable bonds is 5. The molecule has 3 N–H and O–H groups in total. The summed E-state index contributed by atoms with van der Waals surface area (Å²) in [6.07, 6.45) is 9.27. The van der Waals surface area contributed by atoms with Crippen molar-refractivity contribution in [1.29, 1.82) is 0 Å². The molecule has 3 amide bonds. The smallest absolute Gasteiger partial charge is 0.323 e. The zero-order valence-electron chi connectivity index (χ0n) is 16.6. The zero-order valence-corrected chi connectivity index (χ0v) is 16.6. The highest BCUT2D eigenvalue weighted by Crippen LogP contribution is 2.33. The van der Waals surface area contributed by atoms with Gasteiger partial charge >= 0.3 is 6.03 Å². The molecule has 0 atom stereocenters. The number of piperazine rings is 1. The Hall–Kier alpha value is -2.18. The van der Waals surface area contributed by atoms with Crippen molar-refractivity contribution in [2.75, 3.05) is 39.4 Å². The molecule has 3 fully saturated rings. The lowest BCUT2D eigenvalue weighted by Crippen LogP contribution is -3.28. The Morgan fingerprint density at radius 1 is 0.964 bits per heavy atom. The van der Waals surface area contributed by atoms with E-state index in [1.54, 1.807) is 4.90 Å². The highest BCUT2D eigenvalue weighted by Gasteiger charge is 2.52. The predicted molar refractivity (Wildman–Crippen MR) is 108 cm³/mol. The van der Waals surface area contributed by atoms with Crippen LogP contribution in [0, 0.1) is 0 Å². The van der Waals surface area contributed by atoms with Crippen molar-refractivity contribution in [3.05, 3.63) is 42.0 Å². The molecule has 4 rings (SSSR count). The molecule has 1 aromatic rings. The number of nitrogens with one attached hydrogen (secondary N) is 3. The molecule has 28 heavy (non-hydrogen) atoms. The molecule has 150 valence electrons. The number of amides is 3. The van der Waals surface area contributed by atoms with Gasteiger partial charge in [0.05, 0.1) is 6.54 Å². The zero-order chi connectivity index (χ0) is 19.4. The van der Waals surface area contributed by atoms with Gasteiger partial charge in [-0.2, -0.15) is 0 Å². The minimum atomic E-state index is -0.593. The van der Waals surface area contributed by atoms with Gasteiger partial charge in [-0.3, -0.25) is 4.79 Å². The van der Waals surface area contributed by atoms with Crippen LogP contribution in [0.4, 0.5) is 4.79 Å². The predicted octanol–water partition coefficient (Wildman–Crippen LogP) is -0.305. The summed E-state index contributed by atoms with van der Waals surface area (Å²) < 4.78 is 0. The van der Waals surface area contributed by atoms with Crippen molar-refractivity contribution < 1.29 is 19.4 Å². The standard InChI is InChI=1S/C22H30N4O2/c27-20-22(11-5-2-6-12-22)23-21(28)26(20)18-25-16-14-24(15-17-25)13-7-10-19-8-3-1-4-9-19/h1,3-4,7-10H,2,5-6,11-18H2,(H,23,28)/p+2/b10-7+. The molecule has 2 aliphatic heterocycles. The third kappa shape index (κ3) is 4.13. The minimum absolute atomic E-state index is 0.0188. The molecule has 6 nitrogen and oxygen atoms in total. The molecule has 1 aliphatic carbocycles. The van der Waals surface area contributed by atoms with Gasteiger partial charge < -0.3 is 15.1 Å². The Labute approximate surface area is 167 Å². The first kappa shape index (κ1) is 19.2. The van der Waals surface area contributed by atoms with Crippen LogP contribution in [0.5, 0.6) is 0 Å². The van der Waals surface area contributed by atoms with Crippen LogP contribution in [0.2, 0.25) is 0 Å². The maximum atomic E-state index is 12.9. The molecular formula is C22H32N4O2+2. The SMILES string of the molecule is O=C1NC2(CCCCC2)C(=O)N1C[NH+]1CC[NH+](C/C=C/c2ccccc2)CC1. The summed E-state index contributed by atoms with van der Waals surface area (Å²) in [7, 11) is 0. The molecule has 1 saturated carbocycles. The van der Waals surface area contributed by atoms with E-state index in [1.165, 1.54) is 21.8 Å². The van der Waals surface area contributed by atoms with E-state index < -0.39 is 5.54 Å². The van der Waals surface area contributed by atoms with Gasteiger partial charge in [0.2, 0.25) is 0 Å². The Morgan fingerprint density at radius 3 is 2.36 bits per heavy atom. The van der Waals surface area contributed by atoms with Crippen LogP contribution in [0.1, 0.15) is 37.7 Å². The van der Waals surface area contributed by atoms with E-state index in [9.17, 15) is 9.59 Å². The van der Waals surface area contributed by atoms with Crippen molar-refractivity contribution in [1.82, 2.24) is 10.2 Å². The van der Waals surface area contributed by atoms with E-state index in [-0.39, 0.29) is 11.9 Å². The van der Waals surface area contributed by atoms with Gasteiger partial charge in [0.25, 0.3) is 5.91 Å². The molecule has 2 saturated heterocycles. The number of urea groups is 1. The fraction of sp³-hybridized carbons (Fsp3) is 0.545. The molecule has 6 heteroatoms. The van der Waals surface area contributed by atoms with Crippen LogP contribution in [0.25, 0.3) is 6.08 Å². The number of hydrogen-bond acceptors (Lipinski definition) is 2. The monoisotopic (exact) mass is 384 g/mol. The molecule has 0 unspecified atom stereocenters. The summed E-state index contributed by atoms with van der Waals surface area (Å²) in [6.45, 7) is 5.68. The molecule has 1 aromatic carbocycles. The second-order valence-electron chi connectivity index (χ2n) is 8.48. The van der Waals surface area contributed by atoms with E-state index in [0.29, 0.717) is 6.67 Å². The lowest BCUT2D eigenvalue weighted by atomic mass is 9.82. The first-order valence-corrected chi connectivity index (χ1v) is 10.7. The number of carbonyl (C=O) groups is 2. The number of quaternary nitrogens is 2. The molecule has 2 heterocycles. The van der Waals surface area contributed by atoms with Gasteiger partial charge in [-0.25, -0.2) is 9.69 Å². The third-order valence-corrected chi connectivity index (χ3v) is 6.52. The topological polar surface area (TPSA) is 58.3 Å². The molecule has 1 spiro atoms. The van der Waals surface area contributed by atoms with E-state index in [0.717, 1.165) is 58.4 Å². The van der Waals surface area contributed by atoms with Crippen LogP contribution < -0.4 is 15.1 Å². The summed E-state index contributed by atoms with van der Waals surface area (Å²) in [4.78, 5) is 29.8. The highest BCUT2D eigenvalue weighted by atomic mass is 16.2. The summed E-state index contributed by atoms with van der Waals surface area (Å²) in [5, 5.41) is 3.02. The molecule has 3 aliphatic rings. The van der Waals surface area contributed by atoms with Crippen molar-refractivity contribution in [2.24, 2.45) is 0 Å². The Morgan fingerprint density at radius 2 is 1.64 bits per heavy atom. The second-order valence-corrected chi connectivity index (χ2v) is 8.48. The highest BCUT2D eigenvalue weighted by molar-refractivity contribution is 6.06. The Kier molecular flexibility index (Phi) is 5.78. The van der Waals surface area contributed by atoms with Crippen LogP contribution in [0.15, 0.2) is 36.4 Å². The summed E-state index contributed by atoms with van der Waals surface area (Å²) in [5.41, 5.74) is 0.644. The van der Waals surface area contributed by atoms with E-state index >= 15 is 0 Å². The summed E-state index contributed by atoms with van der Waals surface area (Å²) >= 11 is 0. The molecule has 0 aromatic heterocycles. The first-order valence-electron chi connectivity index (χ1n) is 10.7. The third-order valence-electron chi connectivity index (χ3n) is 6.52. The van der Waals surface area contributed by atoms with Crippen molar-refractivity contribution in [3.63, 3.8) is 0 Å². The van der Waals surface area contributed by atoms with Gasteiger partial charge in [0, 0.05) is 0 Å². The van der Waals surface area contributed by atoms with Crippen LogP contribution in [-0.2, 0) is 4.79 Å². The number of hydrogen-bond donors (Lipinski definition) is 3. The van der Waals surface area contributed by atoms with Crippen molar-refractivity contribution in [2.45, 2.75) is 37.6 Å². The maximum absolute atomic E-state index is 12.9. The number of nitrogens with zero attached hydrogens (tertiary/aromatic N) is 1. The quantitative estimate of drug-likeness (QED) is 0.611. The van der Waals surface area contributed by atoms with Crippen LogP contribution in [-0.4, -0.2) is 61.8 Å². The number of benzene rings is 1. The number of imide groups is 1. The lowest BCUT2D eigenvalue weighted by Gasteiger charge is -2.32. The second kappa shape index (κ2) is 8.45. The Bertz CT molecular complexity index is 719. The van der Waals surface area contributed by atoms with Gasteiger partial charge in [-0.1, -0.05) is 55.7 Å². The average molecular weight is 385 g/mol. The van der Waals surface area contributed by atoms with E-state index in [4.69, 9.17) is 0 Å². The molecule has 0 radical (unpaired) electrons. The number of carbonyl (C=O) groups excluding carboxylic acids is 2. The molecule has 0 bridgehead atoms. The Balaban J connectivity index is 1.25. The van der Waals surface area contributed by atoms with Crippen LogP contribution in [0.3, 0.4) is 0 Å². The fourth-order valence-corrected chi connectivity index (χ4v) is 4.78. The van der Waals surface area contributed by atoms with Crippen molar-refractivity contribution >= 4 is 18.0 Å². The fourth-order valence-electron chi connectivity index (χ4n) is 4.78. The first-order chi connectivity index (χ1) is 13.7. The average Bonchev–Trinajstić information content (AvgIpc) is 2.94. The van der Waals surface area contributed by atoms with E-state index in [2.05, 4.69) is 41.7 Å². The minimum Gasteiger partial charge on any atom is -0.323 e.